The molecule has 0 atom stereocenters. The van der Waals surface area contributed by atoms with Gasteiger partial charge >= 0.3 is 0 Å². The summed E-state index contributed by atoms with van der Waals surface area (Å²) in [5, 5.41) is 9.21. The number of aromatic nitrogens is 1. The van der Waals surface area contributed by atoms with Crippen LogP contribution in [0.3, 0.4) is 0 Å². The smallest absolute Gasteiger partial charge is 0.260 e. The first-order valence-corrected chi connectivity index (χ1v) is 7.49. The van der Waals surface area contributed by atoms with Gasteiger partial charge in [-0.1, -0.05) is 29.8 Å². The van der Waals surface area contributed by atoms with Crippen molar-refractivity contribution in [2.24, 2.45) is 0 Å². The largest absolute Gasteiger partial charge is 0.482 e. The Morgan fingerprint density at radius 1 is 1.30 bits per heavy atom. The highest BCUT2D eigenvalue weighted by molar-refractivity contribution is 6.32. The zero-order valence-corrected chi connectivity index (χ0v) is 13.2. The van der Waals surface area contributed by atoms with Gasteiger partial charge in [-0.15, -0.1) is 0 Å². The molecule has 2 aromatic rings. The molecule has 0 aliphatic rings. The standard InChI is InChI=1S/C17H16ClN3O2/c18-15-6-1-2-7-16(15)23-13-17(22)21(10-4-8-19)12-14-5-3-9-20-11-14/h1-3,5-7,9,11H,4,10,12-13H2. The lowest BCUT2D eigenvalue weighted by Gasteiger charge is -2.21. The van der Waals surface area contributed by atoms with Gasteiger partial charge in [0.25, 0.3) is 5.91 Å². The number of rotatable bonds is 7. The maximum atomic E-state index is 12.4. The molecular weight excluding hydrogens is 314 g/mol. The fraction of sp³-hybridized carbons (Fsp3) is 0.235. The van der Waals surface area contributed by atoms with Gasteiger partial charge in [-0.3, -0.25) is 9.78 Å². The number of ether oxygens (including phenoxy) is 1. The van der Waals surface area contributed by atoms with Gasteiger partial charge in [0.05, 0.1) is 17.5 Å². The lowest BCUT2D eigenvalue weighted by molar-refractivity contribution is -0.133. The molecular formula is C17H16ClN3O2. The van der Waals surface area contributed by atoms with Crippen LogP contribution in [0.1, 0.15) is 12.0 Å². The van der Waals surface area contributed by atoms with Crippen molar-refractivity contribution in [2.45, 2.75) is 13.0 Å². The summed E-state index contributed by atoms with van der Waals surface area (Å²) < 4.78 is 5.48. The summed E-state index contributed by atoms with van der Waals surface area (Å²) in [6, 6.07) is 12.7. The molecule has 0 fully saturated rings. The van der Waals surface area contributed by atoms with Crippen LogP contribution in [0.5, 0.6) is 5.75 Å². The Hall–Kier alpha value is -2.58. The second kappa shape index (κ2) is 8.76. The Kier molecular flexibility index (Phi) is 6.40. The van der Waals surface area contributed by atoms with E-state index in [2.05, 4.69) is 11.1 Å². The van der Waals surface area contributed by atoms with Crippen LogP contribution in [-0.4, -0.2) is 28.9 Å². The minimum Gasteiger partial charge on any atom is -0.482 e. The number of pyridine rings is 1. The van der Waals surface area contributed by atoms with Crippen molar-refractivity contribution >= 4 is 17.5 Å². The van der Waals surface area contributed by atoms with Crippen LogP contribution in [0.15, 0.2) is 48.8 Å². The number of amides is 1. The van der Waals surface area contributed by atoms with E-state index in [0.717, 1.165) is 5.56 Å². The van der Waals surface area contributed by atoms with E-state index in [1.165, 1.54) is 0 Å². The zero-order valence-electron chi connectivity index (χ0n) is 12.5. The van der Waals surface area contributed by atoms with Crippen LogP contribution in [0.25, 0.3) is 0 Å². The monoisotopic (exact) mass is 329 g/mol. The highest BCUT2D eigenvalue weighted by atomic mass is 35.5. The van der Waals surface area contributed by atoms with Crippen molar-refractivity contribution in [1.29, 1.82) is 5.26 Å². The average Bonchev–Trinajstić information content (AvgIpc) is 2.58. The minimum absolute atomic E-state index is 0.130. The summed E-state index contributed by atoms with van der Waals surface area (Å²) in [5.74, 6) is 0.258. The molecule has 1 aromatic carbocycles. The van der Waals surface area contributed by atoms with Crippen LogP contribution in [0.4, 0.5) is 0 Å². The van der Waals surface area contributed by atoms with Crippen molar-refractivity contribution in [3.63, 3.8) is 0 Å². The van der Waals surface area contributed by atoms with Gasteiger partial charge < -0.3 is 9.64 Å². The summed E-state index contributed by atoms with van der Waals surface area (Å²) in [6.45, 7) is 0.603. The molecule has 0 bridgehead atoms. The van der Waals surface area contributed by atoms with Gasteiger partial charge in [-0.2, -0.15) is 5.26 Å². The Bertz CT molecular complexity index is 686. The molecule has 5 nitrogen and oxygen atoms in total. The highest BCUT2D eigenvalue weighted by Gasteiger charge is 2.15. The Morgan fingerprint density at radius 2 is 2.13 bits per heavy atom. The Morgan fingerprint density at radius 3 is 2.83 bits per heavy atom. The number of nitriles is 1. The van der Waals surface area contributed by atoms with Gasteiger partial charge in [0.2, 0.25) is 0 Å². The van der Waals surface area contributed by atoms with E-state index in [1.807, 2.05) is 12.1 Å². The first-order valence-electron chi connectivity index (χ1n) is 7.11. The molecule has 0 saturated heterocycles. The Balaban J connectivity index is 1.99. The summed E-state index contributed by atoms with van der Waals surface area (Å²) >= 11 is 6.00. The van der Waals surface area contributed by atoms with Crippen molar-refractivity contribution in [2.75, 3.05) is 13.2 Å². The molecule has 0 N–H and O–H groups in total. The molecule has 0 aliphatic heterocycles. The molecule has 1 amide bonds. The van der Waals surface area contributed by atoms with Gasteiger partial charge in [-0.25, -0.2) is 0 Å². The van der Waals surface area contributed by atoms with Crippen LogP contribution in [0.2, 0.25) is 5.02 Å². The number of hydrogen-bond acceptors (Lipinski definition) is 4. The normalized spacial score (nSPS) is 9.91. The molecule has 1 aromatic heterocycles. The van der Waals surface area contributed by atoms with Crippen molar-refractivity contribution in [3.05, 3.63) is 59.4 Å². The number of benzene rings is 1. The maximum absolute atomic E-state index is 12.4. The number of halogens is 1. The molecule has 0 spiro atoms. The third-order valence-corrected chi connectivity index (χ3v) is 3.44. The van der Waals surface area contributed by atoms with Gasteiger partial charge in [0, 0.05) is 25.5 Å². The SMILES string of the molecule is N#CCCN(Cc1cccnc1)C(=O)COc1ccccc1Cl. The van der Waals surface area contributed by atoms with E-state index in [-0.39, 0.29) is 18.9 Å². The van der Waals surface area contributed by atoms with Crippen molar-refractivity contribution < 1.29 is 9.53 Å². The highest BCUT2D eigenvalue weighted by Crippen LogP contribution is 2.23. The number of nitrogens with zero attached hydrogens (tertiary/aromatic N) is 3. The predicted octanol–water partition coefficient (Wildman–Crippen LogP) is 3.06. The zero-order chi connectivity index (χ0) is 16.5. The summed E-state index contributed by atoms with van der Waals surface area (Å²) in [6.07, 6.45) is 3.63. The third-order valence-electron chi connectivity index (χ3n) is 3.13. The number of carbonyl (C=O) groups is 1. The first-order chi connectivity index (χ1) is 11.2. The van der Waals surface area contributed by atoms with E-state index in [0.29, 0.717) is 23.9 Å². The molecule has 0 aliphatic carbocycles. The molecule has 0 radical (unpaired) electrons. The summed E-state index contributed by atoms with van der Waals surface area (Å²) in [4.78, 5) is 18.0. The number of carbonyl (C=O) groups excluding carboxylic acids is 1. The van der Waals surface area contributed by atoms with E-state index in [4.69, 9.17) is 21.6 Å². The van der Waals surface area contributed by atoms with E-state index < -0.39 is 0 Å². The molecule has 118 valence electrons. The fourth-order valence-corrected chi connectivity index (χ4v) is 2.17. The van der Waals surface area contributed by atoms with Gasteiger partial charge in [0.1, 0.15) is 5.75 Å². The number of hydrogen-bond donors (Lipinski definition) is 0. The molecule has 0 saturated carbocycles. The number of para-hydroxylation sites is 1. The topological polar surface area (TPSA) is 66.2 Å². The molecule has 2 rings (SSSR count). The fourth-order valence-electron chi connectivity index (χ4n) is 1.98. The second-order valence-electron chi connectivity index (χ2n) is 4.80. The first kappa shape index (κ1) is 16.8. The minimum atomic E-state index is -0.205. The van der Waals surface area contributed by atoms with Gasteiger partial charge in [-0.05, 0) is 23.8 Å². The molecule has 23 heavy (non-hydrogen) atoms. The summed E-state index contributed by atoms with van der Waals surface area (Å²) in [7, 11) is 0. The van der Waals surface area contributed by atoms with Crippen LogP contribution in [-0.2, 0) is 11.3 Å². The van der Waals surface area contributed by atoms with E-state index in [1.54, 1.807) is 41.6 Å². The molecule has 1 heterocycles. The summed E-state index contributed by atoms with van der Waals surface area (Å²) in [5.41, 5.74) is 0.900. The lowest BCUT2D eigenvalue weighted by atomic mass is 10.2. The molecule has 0 unspecified atom stereocenters. The van der Waals surface area contributed by atoms with Crippen molar-refractivity contribution in [1.82, 2.24) is 9.88 Å². The third kappa shape index (κ3) is 5.28. The van der Waals surface area contributed by atoms with E-state index in [9.17, 15) is 4.79 Å². The second-order valence-corrected chi connectivity index (χ2v) is 5.21. The predicted molar refractivity (Wildman–Crippen MR) is 86.8 cm³/mol. The van der Waals surface area contributed by atoms with Crippen LogP contribution in [0, 0.1) is 11.3 Å². The quantitative estimate of drug-likeness (QED) is 0.783. The Labute approximate surface area is 140 Å². The van der Waals surface area contributed by atoms with E-state index >= 15 is 0 Å². The van der Waals surface area contributed by atoms with Crippen LogP contribution >= 0.6 is 11.6 Å². The lowest BCUT2D eigenvalue weighted by Crippen LogP contribution is -2.35. The average molecular weight is 330 g/mol. The van der Waals surface area contributed by atoms with Crippen molar-refractivity contribution in [3.8, 4) is 11.8 Å². The maximum Gasteiger partial charge on any atom is 0.260 e. The molecule has 6 heteroatoms. The van der Waals surface area contributed by atoms with Crippen LogP contribution < -0.4 is 4.74 Å². The van der Waals surface area contributed by atoms with Gasteiger partial charge in [0.15, 0.2) is 6.61 Å².